The van der Waals surface area contributed by atoms with Gasteiger partial charge in [0.15, 0.2) is 0 Å². The minimum atomic E-state index is -4.23. The molecule has 4 rings (SSSR count). The molecule has 9 heteroatoms. The van der Waals surface area contributed by atoms with Gasteiger partial charge in [-0.25, -0.2) is 9.37 Å². The summed E-state index contributed by atoms with van der Waals surface area (Å²) in [4.78, 5) is 19.0. The molecule has 32 heavy (non-hydrogen) atoms. The van der Waals surface area contributed by atoms with Gasteiger partial charge >= 0.3 is 6.18 Å². The van der Waals surface area contributed by atoms with Gasteiger partial charge in [-0.1, -0.05) is 12.1 Å². The van der Waals surface area contributed by atoms with Crippen LogP contribution in [0, 0.1) is 11.7 Å². The molecule has 2 N–H and O–H groups in total. The highest BCUT2D eigenvalue weighted by Gasteiger charge is 2.42. The maximum atomic E-state index is 13.4. The fourth-order valence-electron chi connectivity index (χ4n) is 4.66. The molecule has 0 unspecified atom stereocenters. The van der Waals surface area contributed by atoms with E-state index in [1.165, 1.54) is 19.2 Å². The molecule has 172 valence electrons. The zero-order chi connectivity index (χ0) is 22.9. The third-order valence-electron chi connectivity index (χ3n) is 6.30. The lowest BCUT2D eigenvalue weighted by Crippen LogP contribution is -2.49. The van der Waals surface area contributed by atoms with Crippen LogP contribution in [0.25, 0.3) is 11.1 Å². The van der Waals surface area contributed by atoms with Crippen molar-refractivity contribution in [3.05, 3.63) is 53.1 Å². The molecule has 1 amide bonds. The number of carbonyl (C=O) groups is 1. The van der Waals surface area contributed by atoms with Gasteiger partial charge in [0.1, 0.15) is 17.6 Å². The van der Waals surface area contributed by atoms with Crippen LogP contribution in [0.3, 0.4) is 0 Å². The Bertz CT molecular complexity index is 977. The van der Waals surface area contributed by atoms with E-state index in [-0.39, 0.29) is 29.8 Å². The molecule has 1 aromatic carbocycles. The van der Waals surface area contributed by atoms with Crippen LogP contribution in [-0.2, 0) is 13.0 Å². The summed E-state index contributed by atoms with van der Waals surface area (Å²) in [5.41, 5.74) is 3.66. The number of fused-ring (bicyclic) bond motifs is 1. The second kappa shape index (κ2) is 9.15. The summed E-state index contributed by atoms with van der Waals surface area (Å²) in [6.07, 6.45) is -2.81. The Morgan fingerprint density at radius 3 is 2.72 bits per heavy atom. The molecule has 1 fully saturated rings. The Labute approximate surface area is 184 Å². The normalized spacial score (nSPS) is 21.8. The molecular formula is C23H26F4N4O. The summed E-state index contributed by atoms with van der Waals surface area (Å²) in [6, 6.07) is 6.38. The molecule has 2 aliphatic heterocycles. The number of alkyl halides is 3. The number of nitrogens with zero attached hydrogens (tertiary/aromatic N) is 2. The van der Waals surface area contributed by atoms with Crippen molar-refractivity contribution in [1.82, 2.24) is 20.5 Å². The van der Waals surface area contributed by atoms with E-state index in [0.717, 1.165) is 22.4 Å². The van der Waals surface area contributed by atoms with Gasteiger partial charge in [-0.2, -0.15) is 13.2 Å². The zero-order valence-electron chi connectivity index (χ0n) is 17.8. The first-order chi connectivity index (χ1) is 15.2. The number of carbonyl (C=O) groups excluding carboxylic acids is 1. The topological polar surface area (TPSA) is 57.3 Å². The molecular weight excluding hydrogens is 424 g/mol. The standard InChI is InChI=1S/C23H26F4N4O/c1-28-22(32)19-11-18(15-2-4-16(24)5-3-15)17-7-9-31(13-20(17)30-19)12-14-6-8-29-21(10-14)23(25,26)27/h2-5,11,14,21,29H,6-10,12-13H2,1H3,(H,28,32)/t14-,21+/m1/s1. The van der Waals surface area contributed by atoms with Gasteiger partial charge in [-0.05, 0) is 66.6 Å². The van der Waals surface area contributed by atoms with Crippen LogP contribution in [0.4, 0.5) is 17.6 Å². The maximum Gasteiger partial charge on any atom is 0.403 e. The Hall–Kier alpha value is -2.52. The fraction of sp³-hybridized carbons (Fsp3) is 0.478. The largest absolute Gasteiger partial charge is 0.403 e. The number of halogens is 4. The summed E-state index contributed by atoms with van der Waals surface area (Å²) in [6.45, 7) is 2.08. The van der Waals surface area contributed by atoms with Crippen LogP contribution in [0.15, 0.2) is 30.3 Å². The average Bonchev–Trinajstić information content (AvgIpc) is 2.78. The van der Waals surface area contributed by atoms with Crippen LogP contribution in [0.5, 0.6) is 0 Å². The summed E-state index contributed by atoms with van der Waals surface area (Å²) in [7, 11) is 1.53. The van der Waals surface area contributed by atoms with Crippen LogP contribution >= 0.6 is 0 Å². The molecule has 2 atom stereocenters. The van der Waals surface area contributed by atoms with E-state index in [1.807, 2.05) is 0 Å². The van der Waals surface area contributed by atoms with Gasteiger partial charge in [0.25, 0.3) is 5.91 Å². The molecule has 1 aromatic heterocycles. The molecule has 0 aliphatic carbocycles. The van der Waals surface area contributed by atoms with E-state index in [0.29, 0.717) is 39.0 Å². The third-order valence-corrected chi connectivity index (χ3v) is 6.30. The molecule has 1 saturated heterocycles. The SMILES string of the molecule is CNC(=O)c1cc(-c2ccc(F)cc2)c2c(n1)CN(C[C@@H]1CCN[C@H](C(F)(F)F)C1)CC2. The van der Waals surface area contributed by atoms with Gasteiger partial charge in [-0.15, -0.1) is 0 Å². The Morgan fingerprint density at radius 1 is 1.28 bits per heavy atom. The van der Waals surface area contributed by atoms with Crippen LogP contribution in [0.2, 0.25) is 0 Å². The zero-order valence-corrected chi connectivity index (χ0v) is 17.8. The minimum Gasteiger partial charge on any atom is -0.354 e. The van der Waals surface area contributed by atoms with E-state index < -0.39 is 12.2 Å². The van der Waals surface area contributed by atoms with Gasteiger partial charge in [0, 0.05) is 26.7 Å². The van der Waals surface area contributed by atoms with E-state index in [4.69, 9.17) is 0 Å². The molecule has 0 bridgehead atoms. The Morgan fingerprint density at radius 2 is 2.03 bits per heavy atom. The maximum absolute atomic E-state index is 13.4. The summed E-state index contributed by atoms with van der Waals surface area (Å²) < 4.78 is 52.8. The smallest absolute Gasteiger partial charge is 0.354 e. The van der Waals surface area contributed by atoms with Gasteiger partial charge in [0.05, 0.1) is 5.69 Å². The number of benzene rings is 1. The quantitative estimate of drug-likeness (QED) is 0.700. The van der Waals surface area contributed by atoms with Crippen LogP contribution in [-0.4, -0.2) is 54.7 Å². The predicted octanol–water partition coefficient (Wildman–Crippen LogP) is 3.54. The number of hydrogen-bond donors (Lipinski definition) is 2. The lowest BCUT2D eigenvalue weighted by Gasteiger charge is -2.36. The van der Waals surface area contributed by atoms with Crippen LogP contribution < -0.4 is 10.6 Å². The first-order valence-corrected chi connectivity index (χ1v) is 10.8. The Balaban J connectivity index is 1.57. The number of pyridine rings is 1. The minimum absolute atomic E-state index is 0.0527. The summed E-state index contributed by atoms with van der Waals surface area (Å²) >= 11 is 0. The molecule has 0 radical (unpaired) electrons. The van der Waals surface area contributed by atoms with Gasteiger partial charge in [-0.3, -0.25) is 9.69 Å². The van der Waals surface area contributed by atoms with Crippen molar-refractivity contribution in [2.75, 3.05) is 26.7 Å². The number of hydrogen-bond acceptors (Lipinski definition) is 4. The Kier molecular flexibility index (Phi) is 6.48. The number of piperidine rings is 1. The molecule has 2 aromatic rings. The van der Waals surface area contributed by atoms with E-state index >= 15 is 0 Å². The monoisotopic (exact) mass is 450 g/mol. The molecule has 0 spiro atoms. The van der Waals surface area contributed by atoms with E-state index in [1.54, 1.807) is 18.2 Å². The first kappa shape index (κ1) is 22.7. The number of amides is 1. The molecule has 0 saturated carbocycles. The molecule has 3 heterocycles. The summed E-state index contributed by atoms with van der Waals surface area (Å²) in [5, 5.41) is 5.15. The van der Waals surface area contributed by atoms with E-state index in [2.05, 4.69) is 20.5 Å². The number of nitrogens with one attached hydrogen (secondary N) is 2. The van der Waals surface area contributed by atoms with Crippen molar-refractivity contribution in [3.8, 4) is 11.1 Å². The lowest BCUT2D eigenvalue weighted by atomic mass is 9.89. The van der Waals surface area contributed by atoms with Crippen molar-refractivity contribution >= 4 is 5.91 Å². The second-order valence-electron chi connectivity index (χ2n) is 8.49. The van der Waals surface area contributed by atoms with E-state index in [9.17, 15) is 22.4 Å². The van der Waals surface area contributed by atoms with Crippen LogP contribution in [0.1, 0.15) is 34.6 Å². The van der Waals surface area contributed by atoms with Crippen molar-refractivity contribution in [2.45, 2.75) is 38.0 Å². The number of rotatable bonds is 4. The lowest BCUT2D eigenvalue weighted by molar-refractivity contribution is -0.164. The fourth-order valence-corrected chi connectivity index (χ4v) is 4.66. The number of aromatic nitrogens is 1. The van der Waals surface area contributed by atoms with Gasteiger partial charge in [0.2, 0.25) is 0 Å². The third kappa shape index (κ3) is 4.94. The molecule has 5 nitrogen and oxygen atoms in total. The average molecular weight is 450 g/mol. The summed E-state index contributed by atoms with van der Waals surface area (Å²) in [5.74, 6) is -0.712. The highest BCUT2D eigenvalue weighted by atomic mass is 19.4. The van der Waals surface area contributed by atoms with Crippen molar-refractivity contribution in [2.24, 2.45) is 5.92 Å². The predicted molar refractivity (Wildman–Crippen MR) is 113 cm³/mol. The van der Waals surface area contributed by atoms with Gasteiger partial charge < -0.3 is 10.6 Å². The van der Waals surface area contributed by atoms with Crippen molar-refractivity contribution in [3.63, 3.8) is 0 Å². The first-order valence-electron chi connectivity index (χ1n) is 10.8. The molecule has 2 aliphatic rings. The second-order valence-corrected chi connectivity index (χ2v) is 8.49. The van der Waals surface area contributed by atoms with Crippen molar-refractivity contribution < 1.29 is 22.4 Å². The highest BCUT2D eigenvalue weighted by Crippen LogP contribution is 2.33. The van der Waals surface area contributed by atoms with Crippen molar-refractivity contribution in [1.29, 1.82) is 0 Å². The highest BCUT2D eigenvalue weighted by molar-refractivity contribution is 5.93.